The smallest absolute Gasteiger partial charge is 0.265 e. The van der Waals surface area contributed by atoms with Gasteiger partial charge < -0.3 is 4.74 Å². The maximum absolute atomic E-state index is 12.5. The first-order valence-electron chi connectivity index (χ1n) is 5.84. The lowest BCUT2D eigenvalue weighted by Crippen LogP contribution is -2.30. The molecule has 0 amide bonds. The topological polar surface area (TPSA) is 49.9 Å². The van der Waals surface area contributed by atoms with Crippen LogP contribution in [-0.2, 0) is 14.8 Å². The van der Waals surface area contributed by atoms with Crippen molar-refractivity contribution in [1.29, 1.82) is 0 Å². The first-order chi connectivity index (χ1) is 8.68. The lowest BCUT2D eigenvalue weighted by molar-refractivity contribution is 0.412. The Kier molecular flexibility index (Phi) is 1.86. The van der Waals surface area contributed by atoms with Crippen molar-refractivity contribution in [2.75, 3.05) is 17.5 Å². The van der Waals surface area contributed by atoms with Crippen LogP contribution in [0.3, 0.4) is 0 Å². The van der Waals surface area contributed by atoms with Crippen LogP contribution in [0.5, 0.6) is 0 Å². The molecule has 0 bridgehead atoms. The number of rotatable bonds is 2. The number of hydrogen-bond acceptors (Lipinski definition) is 3. The van der Waals surface area contributed by atoms with Crippen molar-refractivity contribution < 1.29 is 13.2 Å². The molecule has 0 radical (unpaired) electrons. The lowest BCUT2D eigenvalue weighted by atomic mass is 10.1. The van der Waals surface area contributed by atoms with Gasteiger partial charge in [-0.25, -0.2) is 8.42 Å². The second kappa shape index (κ2) is 3.24. The van der Waals surface area contributed by atoms with E-state index in [2.05, 4.69) is 0 Å². The standard InChI is InChI=1S/C13H11NO3S/c15-18(16)12-6-2-4-9-3-1-5-11(13(9)12)14(18)7-10-8-17-10/h1-6,10H,7-8H2. The minimum atomic E-state index is -3.40. The third-order valence-corrected chi connectivity index (χ3v) is 5.28. The third kappa shape index (κ3) is 1.26. The van der Waals surface area contributed by atoms with Gasteiger partial charge in [0.2, 0.25) is 0 Å². The van der Waals surface area contributed by atoms with E-state index in [-0.39, 0.29) is 6.10 Å². The molecule has 92 valence electrons. The van der Waals surface area contributed by atoms with Crippen LogP contribution in [0.2, 0.25) is 0 Å². The van der Waals surface area contributed by atoms with E-state index in [1.807, 2.05) is 24.3 Å². The summed E-state index contributed by atoms with van der Waals surface area (Å²) in [6, 6.07) is 11.1. The van der Waals surface area contributed by atoms with Crippen molar-refractivity contribution in [1.82, 2.24) is 0 Å². The van der Waals surface area contributed by atoms with E-state index in [1.165, 1.54) is 4.31 Å². The molecule has 1 fully saturated rings. The fraction of sp³-hybridized carbons (Fsp3) is 0.231. The van der Waals surface area contributed by atoms with E-state index >= 15 is 0 Å². The van der Waals surface area contributed by atoms with Gasteiger partial charge in [0.15, 0.2) is 0 Å². The van der Waals surface area contributed by atoms with Crippen molar-refractivity contribution >= 4 is 26.5 Å². The number of anilines is 1. The molecule has 0 aromatic heterocycles. The van der Waals surface area contributed by atoms with E-state index in [9.17, 15) is 8.42 Å². The lowest BCUT2D eigenvalue weighted by Gasteiger charge is -2.17. The van der Waals surface area contributed by atoms with Gasteiger partial charge in [0.1, 0.15) is 0 Å². The van der Waals surface area contributed by atoms with Crippen LogP contribution in [0.25, 0.3) is 10.8 Å². The van der Waals surface area contributed by atoms with Crippen LogP contribution in [0.1, 0.15) is 0 Å². The Morgan fingerprint density at radius 2 is 1.94 bits per heavy atom. The summed E-state index contributed by atoms with van der Waals surface area (Å²) in [6.07, 6.45) is 0.0457. The van der Waals surface area contributed by atoms with E-state index in [0.717, 1.165) is 16.5 Å². The Labute approximate surface area is 105 Å². The molecule has 0 spiro atoms. The number of benzene rings is 2. The van der Waals surface area contributed by atoms with Gasteiger partial charge >= 0.3 is 0 Å². The average molecular weight is 261 g/mol. The number of epoxide rings is 1. The largest absolute Gasteiger partial charge is 0.371 e. The highest BCUT2D eigenvalue weighted by Gasteiger charge is 2.39. The van der Waals surface area contributed by atoms with E-state index in [4.69, 9.17) is 4.74 Å². The first-order valence-corrected chi connectivity index (χ1v) is 7.28. The molecular weight excluding hydrogens is 250 g/mol. The predicted octanol–water partition coefficient (Wildman–Crippen LogP) is 1.75. The SMILES string of the molecule is O=S1(=O)c2cccc3cccc(c23)N1CC1CO1. The highest BCUT2D eigenvalue weighted by molar-refractivity contribution is 7.93. The van der Waals surface area contributed by atoms with Gasteiger partial charge in [-0.05, 0) is 17.5 Å². The molecule has 1 unspecified atom stereocenters. The summed E-state index contributed by atoms with van der Waals surface area (Å²) in [5, 5.41) is 1.80. The summed E-state index contributed by atoms with van der Waals surface area (Å²) >= 11 is 0. The van der Waals surface area contributed by atoms with Crippen molar-refractivity contribution in [2.45, 2.75) is 11.0 Å². The van der Waals surface area contributed by atoms with Gasteiger partial charge in [-0.15, -0.1) is 0 Å². The molecule has 4 rings (SSSR count). The second-order valence-corrected chi connectivity index (χ2v) is 6.45. The summed E-state index contributed by atoms with van der Waals surface area (Å²) < 4.78 is 31.6. The predicted molar refractivity (Wildman–Crippen MR) is 68.2 cm³/mol. The minimum absolute atomic E-state index is 0.0457. The molecule has 5 heteroatoms. The zero-order valence-corrected chi connectivity index (χ0v) is 10.4. The first kappa shape index (κ1) is 10.3. The molecular formula is C13H11NO3S. The van der Waals surface area contributed by atoms with E-state index in [1.54, 1.807) is 12.1 Å². The summed E-state index contributed by atoms with van der Waals surface area (Å²) in [4.78, 5) is 0.413. The highest BCUT2D eigenvalue weighted by atomic mass is 32.2. The van der Waals surface area contributed by atoms with E-state index < -0.39 is 10.0 Å². The van der Waals surface area contributed by atoms with Crippen LogP contribution >= 0.6 is 0 Å². The van der Waals surface area contributed by atoms with Gasteiger partial charge in [-0.2, -0.15) is 0 Å². The van der Waals surface area contributed by atoms with Crippen LogP contribution in [0.15, 0.2) is 41.3 Å². The second-order valence-electron chi connectivity index (χ2n) is 4.62. The Morgan fingerprint density at radius 1 is 1.22 bits per heavy atom. The molecule has 2 aromatic rings. The zero-order valence-electron chi connectivity index (χ0n) is 9.54. The Morgan fingerprint density at radius 3 is 2.67 bits per heavy atom. The molecule has 0 aliphatic carbocycles. The molecule has 0 saturated carbocycles. The van der Waals surface area contributed by atoms with Gasteiger partial charge in [0, 0.05) is 5.39 Å². The van der Waals surface area contributed by atoms with Crippen molar-refractivity contribution in [2.24, 2.45) is 0 Å². The number of sulfonamides is 1. The summed E-state index contributed by atoms with van der Waals surface area (Å²) in [5.41, 5.74) is 0.776. The molecule has 1 saturated heterocycles. The molecule has 2 aliphatic heterocycles. The quantitative estimate of drug-likeness (QED) is 0.774. The summed E-state index contributed by atoms with van der Waals surface area (Å²) in [7, 11) is -3.40. The molecule has 2 aliphatic rings. The summed E-state index contributed by atoms with van der Waals surface area (Å²) in [5.74, 6) is 0. The van der Waals surface area contributed by atoms with Gasteiger partial charge in [-0.1, -0.05) is 24.3 Å². The molecule has 2 heterocycles. The van der Waals surface area contributed by atoms with Crippen molar-refractivity contribution in [3.8, 4) is 0 Å². The Balaban J connectivity index is 2.02. The fourth-order valence-corrected chi connectivity index (χ4v) is 4.26. The number of ether oxygens (including phenoxy) is 1. The highest BCUT2D eigenvalue weighted by Crippen LogP contribution is 2.42. The number of nitrogens with zero attached hydrogens (tertiary/aromatic N) is 1. The average Bonchev–Trinajstić information content (AvgIpc) is 3.15. The molecule has 1 atom stereocenters. The molecule has 0 N–H and O–H groups in total. The Bertz CT molecular complexity index is 745. The van der Waals surface area contributed by atoms with Crippen LogP contribution in [0.4, 0.5) is 5.69 Å². The third-order valence-electron chi connectivity index (χ3n) is 3.45. The monoisotopic (exact) mass is 261 g/mol. The van der Waals surface area contributed by atoms with Gasteiger partial charge in [0.25, 0.3) is 10.0 Å². The van der Waals surface area contributed by atoms with Crippen molar-refractivity contribution in [3.05, 3.63) is 36.4 Å². The maximum atomic E-state index is 12.5. The minimum Gasteiger partial charge on any atom is -0.371 e. The summed E-state index contributed by atoms with van der Waals surface area (Å²) in [6.45, 7) is 1.06. The van der Waals surface area contributed by atoms with Gasteiger partial charge in [-0.3, -0.25) is 4.31 Å². The Hall–Kier alpha value is -1.59. The van der Waals surface area contributed by atoms with Crippen LogP contribution < -0.4 is 4.31 Å². The zero-order chi connectivity index (χ0) is 12.3. The fourth-order valence-electron chi connectivity index (χ4n) is 2.51. The molecule has 2 aromatic carbocycles. The molecule has 4 nitrogen and oxygen atoms in total. The van der Waals surface area contributed by atoms with Crippen LogP contribution in [-0.4, -0.2) is 27.7 Å². The van der Waals surface area contributed by atoms with Crippen molar-refractivity contribution in [3.63, 3.8) is 0 Å². The van der Waals surface area contributed by atoms with Crippen LogP contribution in [0, 0.1) is 0 Å². The maximum Gasteiger partial charge on any atom is 0.265 e. The number of hydrogen-bond donors (Lipinski definition) is 0. The van der Waals surface area contributed by atoms with E-state index in [0.29, 0.717) is 18.0 Å². The molecule has 18 heavy (non-hydrogen) atoms. The normalized spacial score (nSPS) is 23.6. The van der Waals surface area contributed by atoms with Gasteiger partial charge in [0.05, 0.1) is 29.8 Å².